The van der Waals surface area contributed by atoms with E-state index in [1.165, 1.54) is 12.1 Å². The van der Waals surface area contributed by atoms with Crippen molar-refractivity contribution < 1.29 is 19.1 Å². The molecule has 6 heteroatoms. The third-order valence-electron chi connectivity index (χ3n) is 2.94. The molecule has 0 fully saturated rings. The number of amides is 1. The number of carbonyl (C=O) groups is 2. The average molecular weight is 278 g/mol. The Morgan fingerprint density at radius 3 is 2.85 bits per heavy atom. The number of nitrogens with one attached hydrogen (secondary N) is 1. The predicted molar refractivity (Wildman–Crippen MR) is 71.8 cm³/mol. The normalized spacial score (nSPS) is 10.7. The number of aliphatic carboxylic acids is 1. The summed E-state index contributed by atoms with van der Waals surface area (Å²) in [6.07, 6.45) is 2.14. The molecule has 106 valence electrons. The molecule has 0 aliphatic heterocycles. The highest BCUT2D eigenvalue weighted by molar-refractivity contribution is 5.83. The van der Waals surface area contributed by atoms with Crippen LogP contribution in [0.5, 0.6) is 0 Å². The van der Waals surface area contributed by atoms with E-state index < -0.39 is 5.97 Å². The summed E-state index contributed by atoms with van der Waals surface area (Å²) in [4.78, 5) is 22.0. The topological polar surface area (TPSA) is 71.3 Å². The van der Waals surface area contributed by atoms with Gasteiger partial charge in [0, 0.05) is 19.2 Å². The number of nitrogens with zero attached hydrogens (tertiary/aromatic N) is 1. The summed E-state index contributed by atoms with van der Waals surface area (Å²) in [5, 5.41) is 12.0. The van der Waals surface area contributed by atoms with Crippen LogP contribution < -0.4 is 5.32 Å². The fraction of sp³-hybridized carbons (Fsp3) is 0.286. The van der Waals surface area contributed by atoms with Crippen LogP contribution in [0.1, 0.15) is 12.8 Å². The summed E-state index contributed by atoms with van der Waals surface area (Å²) < 4.78 is 14.8. The summed E-state index contributed by atoms with van der Waals surface area (Å²) in [5.74, 6) is -1.46. The first-order valence-corrected chi connectivity index (χ1v) is 6.29. The molecule has 0 unspecified atom stereocenters. The van der Waals surface area contributed by atoms with Crippen molar-refractivity contribution >= 4 is 22.8 Å². The molecule has 0 radical (unpaired) electrons. The highest BCUT2D eigenvalue weighted by Gasteiger charge is 2.07. The van der Waals surface area contributed by atoms with Crippen LogP contribution in [0.4, 0.5) is 4.39 Å². The van der Waals surface area contributed by atoms with Gasteiger partial charge in [0.1, 0.15) is 12.4 Å². The van der Waals surface area contributed by atoms with Crippen LogP contribution >= 0.6 is 0 Å². The second kappa shape index (κ2) is 6.18. The highest BCUT2D eigenvalue weighted by atomic mass is 19.1. The Morgan fingerprint density at radius 2 is 2.10 bits per heavy atom. The van der Waals surface area contributed by atoms with Crippen molar-refractivity contribution in [3.63, 3.8) is 0 Å². The van der Waals surface area contributed by atoms with Crippen molar-refractivity contribution in [2.24, 2.45) is 0 Å². The summed E-state index contributed by atoms with van der Waals surface area (Å²) in [6.45, 7) is 0.402. The fourth-order valence-corrected chi connectivity index (χ4v) is 1.97. The lowest BCUT2D eigenvalue weighted by molar-refractivity contribution is -0.137. The summed E-state index contributed by atoms with van der Waals surface area (Å²) in [7, 11) is 0. The Morgan fingerprint density at radius 1 is 1.30 bits per heavy atom. The van der Waals surface area contributed by atoms with Crippen LogP contribution in [0.25, 0.3) is 10.9 Å². The zero-order chi connectivity index (χ0) is 14.5. The van der Waals surface area contributed by atoms with E-state index in [1.54, 1.807) is 16.8 Å². The lowest BCUT2D eigenvalue weighted by atomic mass is 10.2. The van der Waals surface area contributed by atoms with Crippen LogP contribution in [0.2, 0.25) is 0 Å². The van der Waals surface area contributed by atoms with Gasteiger partial charge in [-0.25, -0.2) is 4.39 Å². The van der Waals surface area contributed by atoms with E-state index in [0.717, 1.165) is 5.39 Å². The Kier molecular flexibility index (Phi) is 4.34. The number of benzene rings is 1. The summed E-state index contributed by atoms with van der Waals surface area (Å²) >= 11 is 0. The number of hydrogen-bond donors (Lipinski definition) is 2. The number of hydrogen-bond acceptors (Lipinski definition) is 2. The number of carboxylic acid groups (broad SMARTS) is 1. The number of halogens is 1. The Balaban J connectivity index is 1.93. The maximum atomic E-state index is 13.2. The minimum Gasteiger partial charge on any atom is -0.481 e. The molecule has 0 atom stereocenters. The molecule has 20 heavy (non-hydrogen) atoms. The smallest absolute Gasteiger partial charge is 0.303 e. The van der Waals surface area contributed by atoms with Gasteiger partial charge in [0.15, 0.2) is 0 Å². The zero-order valence-electron chi connectivity index (χ0n) is 10.8. The van der Waals surface area contributed by atoms with Gasteiger partial charge in [-0.2, -0.15) is 0 Å². The van der Waals surface area contributed by atoms with E-state index >= 15 is 0 Å². The lowest BCUT2D eigenvalue weighted by Crippen LogP contribution is -2.28. The Hall–Kier alpha value is -2.37. The molecule has 1 heterocycles. The molecule has 2 rings (SSSR count). The third-order valence-corrected chi connectivity index (χ3v) is 2.94. The second-order valence-electron chi connectivity index (χ2n) is 4.49. The molecule has 5 nitrogen and oxygen atoms in total. The maximum absolute atomic E-state index is 13.2. The van der Waals surface area contributed by atoms with Crippen molar-refractivity contribution in [2.75, 3.05) is 6.54 Å². The van der Waals surface area contributed by atoms with Gasteiger partial charge in [0.25, 0.3) is 0 Å². The van der Waals surface area contributed by atoms with Crippen molar-refractivity contribution in [3.05, 3.63) is 36.3 Å². The number of carbonyl (C=O) groups excluding carboxylic acids is 1. The number of carboxylic acids is 1. The van der Waals surface area contributed by atoms with E-state index in [-0.39, 0.29) is 24.7 Å². The molecule has 0 aliphatic carbocycles. The molecular weight excluding hydrogens is 263 g/mol. The van der Waals surface area contributed by atoms with Crippen molar-refractivity contribution in [1.82, 2.24) is 9.88 Å². The van der Waals surface area contributed by atoms with Gasteiger partial charge in [0.2, 0.25) is 5.91 Å². The quantitative estimate of drug-likeness (QED) is 0.791. The van der Waals surface area contributed by atoms with E-state index in [9.17, 15) is 14.0 Å². The first-order valence-electron chi connectivity index (χ1n) is 6.29. The van der Waals surface area contributed by atoms with E-state index in [2.05, 4.69) is 5.32 Å². The minimum atomic E-state index is -0.883. The molecule has 0 spiro atoms. The van der Waals surface area contributed by atoms with E-state index in [4.69, 9.17) is 5.11 Å². The van der Waals surface area contributed by atoms with Gasteiger partial charge in [-0.05, 0) is 36.1 Å². The monoisotopic (exact) mass is 278 g/mol. The Labute approximate surface area is 115 Å². The van der Waals surface area contributed by atoms with Gasteiger partial charge in [0.05, 0.1) is 5.52 Å². The standard InChI is InChI=1S/C14H15FN2O3/c15-11-4-3-10-5-7-17(12(10)8-11)9-13(18)16-6-1-2-14(19)20/h3-5,7-8H,1-2,6,9H2,(H,16,18)(H,19,20). The molecule has 2 N–H and O–H groups in total. The maximum Gasteiger partial charge on any atom is 0.303 e. The molecule has 1 aromatic carbocycles. The van der Waals surface area contributed by atoms with E-state index in [0.29, 0.717) is 18.5 Å². The molecule has 0 bridgehead atoms. The van der Waals surface area contributed by atoms with E-state index in [1.807, 2.05) is 6.07 Å². The van der Waals surface area contributed by atoms with Crippen molar-refractivity contribution in [1.29, 1.82) is 0 Å². The van der Waals surface area contributed by atoms with Crippen molar-refractivity contribution in [3.8, 4) is 0 Å². The number of aromatic nitrogens is 1. The van der Waals surface area contributed by atoms with Crippen LogP contribution in [-0.2, 0) is 16.1 Å². The van der Waals surface area contributed by atoms with Crippen LogP contribution in [0.3, 0.4) is 0 Å². The summed E-state index contributed by atoms with van der Waals surface area (Å²) in [6, 6.07) is 6.23. The van der Waals surface area contributed by atoms with Crippen LogP contribution in [-0.4, -0.2) is 28.1 Å². The molecule has 1 aromatic heterocycles. The largest absolute Gasteiger partial charge is 0.481 e. The third kappa shape index (κ3) is 3.57. The fourth-order valence-electron chi connectivity index (χ4n) is 1.97. The first-order chi connectivity index (χ1) is 9.56. The molecule has 2 aromatic rings. The molecule has 0 saturated carbocycles. The lowest BCUT2D eigenvalue weighted by Gasteiger charge is -2.07. The van der Waals surface area contributed by atoms with Gasteiger partial charge in [-0.1, -0.05) is 0 Å². The number of fused-ring (bicyclic) bond motifs is 1. The average Bonchev–Trinajstić information content (AvgIpc) is 2.77. The predicted octanol–water partition coefficient (Wildman–Crippen LogP) is 1.76. The van der Waals surface area contributed by atoms with Gasteiger partial charge in [-0.3, -0.25) is 9.59 Å². The van der Waals surface area contributed by atoms with Crippen LogP contribution in [0.15, 0.2) is 30.5 Å². The zero-order valence-corrected chi connectivity index (χ0v) is 10.8. The molecular formula is C14H15FN2O3. The first kappa shape index (κ1) is 14.0. The van der Waals surface area contributed by atoms with Gasteiger partial charge in [-0.15, -0.1) is 0 Å². The minimum absolute atomic E-state index is 0.0257. The highest BCUT2D eigenvalue weighted by Crippen LogP contribution is 2.16. The summed E-state index contributed by atoms with van der Waals surface area (Å²) in [5.41, 5.74) is 0.658. The van der Waals surface area contributed by atoms with Crippen molar-refractivity contribution in [2.45, 2.75) is 19.4 Å². The molecule has 1 amide bonds. The number of rotatable bonds is 6. The molecule has 0 saturated heterocycles. The van der Waals surface area contributed by atoms with Crippen LogP contribution in [0, 0.1) is 5.82 Å². The SMILES string of the molecule is O=C(O)CCCNC(=O)Cn1ccc2ccc(F)cc21. The Bertz CT molecular complexity index is 636. The molecule has 0 aliphatic rings. The van der Waals surface area contributed by atoms with Gasteiger partial charge >= 0.3 is 5.97 Å². The second-order valence-corrected chi connectivity index (χ2v) is 4.49. The van der Waals surface area contributed by atoms with Gasteiger partial charge < -0.3 is 15.0 Å².